The molecule has 2 saturated heterocycles. The first kappa shape index (κ1) is 18.0. The molecule has 1 amide bonds. The van der Waals surface area contributed by atoms with Gasteiger partial charge in [0, 0.05) is 36.5 Å². The number of nitrogens with zero attached hydrogens (tertiary/aromatic N) is 2. The molecule has 2 aliphatic heterocycles. The summed E-state index contributed by atoms with van der Waals surface area (Å²) >= 11 is 0. The Morgan fingerprint density at radius 3 is 2.78 bits per heavy atom. The number of hydrogen-bond acceptors (Lipinski definition) is 4. The fraction of sp³-hybridized carbons (Fsp3) is 0.400. The van der Waals surface area contributed by atoms with Gasteiger partial charge < -0.3 is 14.4 Å². The van der Waals surface area contributed by atoms with E-state index in [9.17, 15) is 13.6 Å². The number of rotatable bonds is 5. The van der Waals surface area contributed by atoms with E-state index >= 15 is 0 Å². The lowest BCUT2D eigenvalue weighted by Gasteiger charge is -2.50. The molecule has 2 aliphatic rings. The van der Waals surface area contributed by atoms with Gasteiger partial charge in [0.1, 0.15) is 17.2 Å². The summed E-state index contributed by atoms with van der Waals surface area (Å²) in [5.41, 5.74) is 0.602. The van der Waals surface area contributed by atoms with Crippen molar-refractivity contribution >= 4 is 5.91 Å². The quantitative estimate of drug-likeness (QED) is 0.808. The normalized spacial score (nSPS) is 20.7. The number of carbonyl (C=O) groups excluding carboxylic acids is 1. The standard InChI is InChI=1S/C20H20F2N2O3/c21-17-6-15(7-18(22)8-17)19(25)24-12-20(13-24)16(3-5-27-20)11-26-10-14-2-1-4-23-9-14/h1-2,4,6-9,16H,3,5,10-13H2/t16-/m1/s1. The van der Waals surface area contributed by atoms with Crippen LogP contribution in [-0.2, 0) is 16.1 Å². The van der Waals surface area contributed by atoms with E-state index in [0.717, 1.165) is 30.2 Å². The average molecular weight is 374 g/mol. The van der Waals surface area contributed by atoms with Gasteiger partial charge in [-0.3, -0.25) is 9.78 Å². The van der Waals surface area contributed by atoms with Crippen molar-refractivity contribution in [2.75, 3.05) is 26.3 Å². The summed E-state index contributed by atoms with van der Waals surface area (Å²) in [7, 11) is 0. The number of amides is 1. The van der Waals surface area contributed by atoms with E-state index in [0.29, 0.717) is 32.9 Å². The number of carbonyl (C=O) groups is 1. The molecule has 0 N–H and O–H groups in total. The summed E-state index contributed by atoms with van der Waals surface area (Å²) in [6.45, 7) is 2.45. The van der Waals surface area contributed by atoms with Crippen molar-refractivity contribution in [1.29, 1.82) is 0 Å². The molecule has 1 spiro atoms. The van der Waals surface area contributed by atoms with Gasteiger partial charge in [-0.1, -0.05) is 6.07 Å². The van der Waals surface area contributed by atoms with Gasteiger partial charge >= 0.3 is 0 Å². The Kier molecular flexibility index (Phi) is 4.88. The maximum atomic E-state index is 13.4. The first-order chi connectivity index (χ1) is 13.1. The Morgan fingerprint density at radius 1 is 1.30 bits per heavy atom. The van der Waals surface area contributed by atoms with E-state index in [1.165, 1.54) is 0 Å². The number of hydrogen-bond donors (Lipinski definition) is 0. The molecular weight excluding hydrogens is 354 g/mol. The van der Waals surface area contributed by atoms with Gasteiger partial charge in [0.25, 0.3) is 5.91 Å². The minimum atomic E-state index is -0.757. The second-order valence-corrected chi connectivity index (χ2v) is 7.09. The number of benzene rings is 1. The van der Waals surface area contributed by atoms with Crippen LogP contribution < -0.4 is 0 Å². The molecule has 3 heterocycles. The highest BCUT2D eigenvalue weighted by Gasteiger charge is 2.54. The lowest BCUT2D eigenvalue weighted by molar-refractivity contribution is -0.129. The summed E-state index contributed by atoms with van der Waals surface area (Å²) in [5.74, 6) is -1.72. The van der Waals surface area contributed by atoms with Gasteiger partial charge in [-0.15, -0.1) is 0 Å². The molecule has 4 rings (SSSR count). The summed E-state index contributed by atoms with van der Waals surface area (Å²) in [6.07, 6.45) is 4.35. The molecule has 0 radical (unpaired) electrons. The molecule has 0 aliphatic carbocycles. The van der Waals surface area contributed by atoms with Gasteiger partial charge in [0.2, 0.25) is 0 Å². The van der Waals surface area contributed by atoms with Gasteiger partial charge in [-0.25, -0.2) is 8.78 Å². The Morgan fingerprint density at radius 2 is 2.07 bits per heavy atom. The molecule has 0 bridgehead atoms. The van der Waals surface area contributed by atoms with Crippen molar-refractivity contribution in [3.63, 3.8) is 0 Å². The maximum absolute atomic E-state index is 13.4. The third kappa shape index (κ3) is 3.70. The van der Waals surface area contributed by atoms with Crippen LogP contribution in [0.3, 0.4) is 0 Å². The fourth-order valence-corrected chi connectivity index (χ4v) is 3.78. The highest BCUT2D eigenvalue weighted by atomic mass is 19.1. The molecule has 0 saturated carbocycles. The molecule has 27 heavy (non-hydrogen) atoms. The molecule has 2 fully saturated rings. The van der Waals surface area contributed by atoms with Crippen LogP contribution >= 0.6 is 0 Å². The van der Waals surface area contributed by atoms with E-state index in [4.69, 9.17) is 9.47 Å². The smallest absolute Gasteiger partial charge is 0.254 e. The maximum Gasteiger partial charge on any atom is 0.254 e. The van der Waals surface area contributed by atoms with Gasteiger partial charge in [0.05, 0.1) is 26.3 Å². The molecule has 1 aromatic heterocycles. The first-order valence-electron chi connectivity index (χ1n) is 8.92. The SMILES string of the molecule is O=C(c1cc(F)cc(F)c1)N1CC2(C1)OCC[C@@H]2COCc1cccnc1. The van der Waals surface area contributed by atoms with E-state index in [2.05, 4.69) is 4.98 Å². The van der Waals surface area contributed by atoms with E-state index in [-0.39, 0.29) is 17.4 Å². The molecular formula is C20H20F2N2O3. The molecule has 0 unspecified atom stereocenters. The average Bonchev–Trinajstić information content (AvgIpc) is 3.04. The van der Waals surface area contributed by atoms with Crippen LogP contribution in [0, 0.1) is 17.6 Å². The Bertz CT molecular complexity index is 805. The molecule has 1 aromatic carbocycles. The molecule has 1 atom stereocenters. The van der Waals surface area contributed by atoms with Crippen LogP contribution in [0.1, 0.15) is 22.3 Å². The van der Waals surface area contributed by atoms with Crippen molar-refractivity contribution in [3.8, 4) is 0 Å². The van der Waals surface area contributed by atoms with E-state index in [1.807, 2.05) is 12.1 Å². The van der Waals surface area contributed by atoms with Crippen molar-refractivity contribution in [2.24, 2.45) is 5.92 Å². The summed E-state index contributed by atoms with van der Waals surface area (Å²) in [4.78, 5) is 18.1. The third-order valence-electron chi connectivity index (χ3n) is 5.22. The van der Waals surface area contributed by atoms with Crippen LogP contribution in [0.15, 0.2) is 42.7 Å². The zero-order chi connectivity index (χ0) is 18.9. The van der Waals surface area contributed by atoms with Gasteiger partial charge in [0.15, 0.2) is 0 Å². The van der Waals surface area contributed by atoms with Crippen molar-refractivity contribution in [1.82, 2.24) is 9.88 Å². The lowest BCUT2D eigenvalue weighted by Crippen LogP contribution is -2.66. The number of likely N-dealkylation sites (tertiary alicyclic amines) is 1. The van der Waals surface area contributed by atoms with Crippen LogP contribution in [0.25, 0.3) is 0 Å². The Labute approximate surface area is 155 Å². The predicted octanol–water partition coefficient (Wildman–Crippen LogP) is 2.81. The number of pyridine rings is 1. The van der Waals surface area contributed by atoms with Gasteiger partial charge in [-0.05, 0) is 30.2 Å². The van der Waals surface area contributed by atoms with E-state index < -0.39 is 17.2 Å². The second-order valence-electron chi connectivity index (χ2n) is 7.09. The summed E-state index contributed by atoms with van der Waals surface area (Å²) < 4.78 is 38.5. The number of ether oxygens (including phenoxy) is 2. The Balaban J connectivity index is 1.34. The van der Waals surface area contributed by atoms with Crippen molar-refractivity contribution < 1.29 is 23.0 Å². The zero-order valence-corrected chi connectivity index (χ0v) is 14.7. The minimum Gasteiger partial charge on any atom is -0.376 e. The van der Waals surface area contributed by atoms with Gasteiger partial charge in [-0.2, -0.15) is 0 Å². The second kappa shape index (κ2) is 7.32. The summed E-state index contributed by atoms with van der Waals surface area (Å²) in [5, 5.41) is 0. The Hall–Kier alpha value is -2.38. The van der Waals surface area contributed by atoms with Crippen LogP contribution in [0.4, 0.5) is 8.78 Å². The highest BCUT2D eigenvalue weighted by Crippen LogP contribution is 2.40. The molecule has 2 aromatic rings. The molecule has 5 nitrogen and oxygen atoms in total. The molecule has 142 valence electrons. The first-order valence-corrected chi connectivity index (χ1v) is 8.92. The summed E-state index contributed by atoms with van der Waals surface area (Å²) in [6, 6.07) is 6.68. The van der Waals surface area contributed by atoms with Crippen LogP contribution in [0.2, 0.25) is 0 Å². The zero-order valence-electron chi connectivity index (χ0n) is 14.7. The number of halogens is 2. The fourth-order valence-electron chi connectivity index (χ4n) is 3.78. The predicted molar refractivity (Wildman–Crippen MR) is 92.9 cm³/mol. The van der Waals surface area contributed by atoms with Crippen LogP contribution in [0.5, 0.6) is 0 Å². The highest BCUT2D eigenvalue weighted by molar-refractivity contribution is 5.95. The molecule has 7 heteroatoms. The monoisotopic (exact) mass is 374 g/mol. The van der Waals surface area contributed by atoms with Crippen LogP contribution in [-0.4, -0.2) is 47.7 Å². The largest absolute Gasteiger partial charge is 0.376 e. The minimum absolute atomic E-state index is 0.0183. The van der Waals surface area contributed by atoms with E-state index in [1.54, 1.807) is 17.3 Å². The lowest BCUT2D eigenvalue weighted by atomic mass is 9.81. The van der Waals surface area contributed by atoms with Crippen molar-refractivity contribution in [3.05, 3.63) is 65.5 Å². The van der Waals surface area contributed by atoms with Crippen molar-refractivity contribution in [2.45, 2.75) is 18.6 Å². The third-order valence-corrected chi connectivity index (χ3v) is 5.22. The number of aromatic nitrogens is 1. The topological polar surface area (TPSA) is 51.7 Å².